The molecule has 0 aliphatic carbocycles. The maximum absolute atomic E-state index is 6.28. The third-order valence-corrected chi connectivity index (χ3v) is 3.54. The first kappa shape index (κ1) is 13.4. The Balaban J connectivity index is 2.13. The molecule has 0 bridgehead atoms. The molecule has 2 aromatic heterocycles. The third-order valence-electron chi connectivity index (χ3n) is 2.67. The molecule has 0 spiro atoms. The largest absolute Gasteiger partial charge is 0.378 e. The molecule has 0 atom stereocenters. The summed E-state index contributed by atoms with van der Waals surface area (Å²) < 4.78 is 2.76. The quantitative estimate of drug-likeness (QED) is 0.935. The highest BCUT2D eigenvalue weighted by atomic mass is 79.9. The van der Waals surface area contributed by atoms with E-state index in [-0.39, 0.29) is 0 Å². The van der Waals surface area contributed by atoms with Crippen molar-refractivity contribution in [3.63, 3.8) is 0 Å². The summed E-state index contributed by atoms with van der Waals surface area (Å²) >= 11 is 9.67. The summed E-state index contributed by atoms with van der Waals surface area (Å²) in [4.78, 5) is 4.10. The molecule has 0 fully saturated rings. The molecule has 1 N–H and O–H groups in total. The van der Waals surface area contributed by atoms with Gasteiger partial charge in [0, 0.05) is 17.7 Å². The minimum atomic E-state index is 0.625. The first-order valence-corrected chi connectivity index (χ1v) is 6.83. The van der Waals surface area contributed by atoms with Crippen LogP contribution in [0.15, 0.2) is 22.9 Å². The number of aryl methyl sites for hydroxylation is 2. The van der Waals surface area contributed by atoms with Gasteiger partial charge in [0.2, 0.25) is 0 Å². The fourth-order valence-corrected chi connectivity index (χ4v) is 2.43. The Morgan fingerprint density at radius 2 is 2.22 bits per heavy atom. The fourth-order valence-electron chi connectivity index (χ4n) is 1.71. The highest BCUT2D eigenvalue weighted by Gasteiger charge is 2.12. The van der Waals surface area contributed by atoms with Crippen LogP contribution < -0.4 is 5.32 Å². The van der Waals surface area contributed by atoms with Crippen molar-refractivity contribution in [1.82, 2.24) is 14.8 Å². The van der Waals surface area contributed by atoms with Gasteiger partial charge in [0.1, 0.15) is 0 Å². The zero-order valence-corrected chi connectivity index (χ0v) is 12.6. The van der Waals surface area contributed by atoms with Crippen molar-refractivity contribution in [3.8, 4) is 0 Å². The van der Waals surface area contributed by atoms with Gasteiger partial charge in [-0.25, -0.2) is 0 Å². The summed E-state index contributed by atoms with van der Waals surface area (Å²) in [6, 6.07) is 1.97. The second-order valence-corrected chi connectivity index (χ2v) is 5.22. The van der Waals surface area contributed by atoms with Crippen LogP contribution in [0.2, 0.25) is 5.02 Å². The van der Waals surface area contributed by atoms with Crippen molar-refractivity contribution >= 4 is 33.2 Å². The van der Waals surface area contributed by atoms with Gasteiger partial charge >= 0.3 is 0 Å². The molecule has 2 rings (SSSR count). The van der Waals surface area contributed by atoms with Gasteiger partial charge in [0.05, 0.1) is 34.8 Å². The molecule has 2 aromatic rings. The van der Waals surface area contributed by atoms with E-state index in [0.717, 1.165) is 33.0 Å². The van der Waals surface area contributed by atoms with E-state index in [9.17, 15) is 0 Å². The normalized spacial score (nSPS) is 10.7. The van der Waals surface area contributed by atoms with Gasteiger partial charge in [0.25, 0.3) is 0 Å². The van der Waals surface area contributed by atoms with Gasteiger partial charge in [-0.15, -0.1) is 0 Å². The number of nitrogens with zero attached hydrogens (tertiary/aromatic N) is 3. The number of anilines is 1. The van der Waals surface area contributed by atoms with Crippen LogP contribution in [-0.2, 0) is 20.0 Å². The number of rotatable bonds is 4. The van der Waals surface area contributed by atoms with Crippen LogP contribution in [0.25, 0.3) is 0 Å². The molecule has 6 heteroatoms. The molecule has 18 heavy (non-hydrogen) atoms. The smallest absolute Gasteiger partial charge is 0.0868 e. The molecule has 0 aromatic carbocycles. The molecule has 0 amide bonds. The second kappa shape index (κ2) is 5.71. The standard InChI is InChI=1S/C12H14BrClN4/c1-3-10-12(14)11(18(2)17-10)7-16-9-4-8(13)5-15-6-9/h4-6,16H,3,7H2,1-2H3. The summed E-state index contributed by atoms with van der Waals surface area (Å²) in [5, 5.41) is 8.41. The van der Waals surface area contributed by atoms with E-state index < -0.39 is 0 Å². The summed E-state index contributed by atoms with van der Waals surface area (Å²) in [6.07, 6.45) is 4.36. The summed E-state index contributed by atoms with van der Waals surface area (Å²) in [5.74, 6) is 0. The highest BCUT2D eigenvalue weighted by molar-refractivity contribution is 9.10. The van der Waals surface area contributed by atoms with E-state index >= 15 is 0 Å². The molecule has 2 heterocycles. The van der Waals surface area contributed by atoms with Gasteiger partial charge in [-0.3, -0.25) is 9.67 Å². The number of hydrogen-bond acceptors (Lipinski definition) is 3. The van der Waals surface area contributed by atoms with Gasteiger partial charge in [-0.05, 0) is 28.4 Å². The van der Waals surface area contributed by atoms with E-state index in [2.05, 4.69) is 31.3 Å². The van der Waals surface area contributed by atoms with Gasteiger partial charge in [-0.2, -0.15) is 5.10 Å². The van der Waals surface area contributed by atoms with E-state index in [4.69, 9.17) is 11.6 Å². The molecule has 96 valence electrons. The number of nitrogens with one attached hydrogen (secondary N) is 1. The Labute approximate surface area is 119 Å². The highest BCUT2D eigenvalue weighted by Crippen LogP contribution is 2.22. The Kier molecular flexibility index (Phi) is 4.24. The maximum atomic E-state index is 6.28. The van der Waals surface area contributed by atoms with Crippen LogP contribution in [0.5, 0.6) is 0 Å². The first-order valence-electron chi connectivity index (χ1n) is 5.66. The SMILES string of the molecule is CCc1nn(C)c(CNc2cncc(Br)c2)c1Cl. The van der Waals surface area contributed by atoms with Crippen LogP contribution in [-0.4, -0.2) is 14.8 Å². The molecule has 0 radical (unpaired) electrons. The average Bonchev–Trinajstić information content (AvgIpc) is 2.62. The Morgan fingerprint density at radius 1 is 1.44 bits per heavy atom. The first-order chi connectivity index (χ1) is 8.61. The van der Waals surface area contributed by atoms with Gasteiger partial charge in [0.15, 0.2) is 0 Å². The molecular formula is C12H14BrClN4. The molecule has 4 nitrogen and oxygen atoms in total. The van der Waals surface area contributed by atoms with Crippen LogP contribution in [0, 0.1) is 0 Å². The van der Waals surface area contributed by atoms with Gasteiger partial charge in [-0.1, -0.05) is 18.5 Å². The number of pyridine rings is 1. The Bertz CT molecular complexity index is 553. The molecule has 0 aliphatic heterocycles. The predicted octanol–water partition coefficient (Wildman–Crippen LogP) is 3.41. The molecule has 0 saturated heterocycles. The van der Waals surface area contributed by atoms with Gasteiger partial charge < -0.3 is 5.32 Å². The van der Waals surface area contributed by atoms with E-state index in [0.29, 0.717) is 6.54 Å². The van der Waals surface area contributed by atoms with E-state index in [1.165, 1.54) is 0 Å². The Hall–Kier alpha value is -1.07. The van der Waals surface area contributed by atoms with Crippen molar-refractivity contribution < 1.29 is 0 Å². The minimum Gasteiger partial charge on any atom is -0.378 e. The van der Waals surface area contributed by atoms with Crippen molar-refractivity contribution in [2.75, 3.05) is 5.32 Å². The third kappa shape index (κ3) is 2.84. The molecule has 0 unspecified atom stereocenters. The molecular weight excluding hydrogens is 316 g/mol. The monoisotopic (exact) mass is 328 g/mol. The maximum Gasteiger partial charge on any atom is 0.0868 e. The van der Waals surface area contributed by atoms with Crippen LogP contribution >= 0.6 is 27.5 Å². The lowest BCUT2D eigenvalue weighted by atomic mass is 10.3. The van der Waals surface area contributed by atoms with Crippen molar-refractivity contribution in [2.24, 2.45) is 7.05 Å². The number of halogens is 2. The lowest BCUT2D eigenvalue weighted by Crippen LogP contribution is -2.06. The van der Waals surface area contributed by atoms with E-state index in [1.807, 2.05) is 24.7 Å². The second-order valence-electron chi connectivity index (χ2n) is 3.93. The lowest BCUT2D eigenvalue weighted by Gasteiger charge is -2.07. The summed E-state index contributed by atoms with van der Waals surface area (Å²) in [5.41, 5.74) is 2.86. The topological polar surface area (TPSA) is 42.7 Å². The number of hydrogen-bond donors (Lipinski definition) is 1. The van der Waals surface area contributed by atoms with Crippen LogP contribution in [0.4, 0.5) is 5.69 Å². The average molecular weight is 330 g/mol. The minimum absolute atomic E-state index is 0.625. The Morgan fingerprint density at radius 3 is 2.83 bits per heavy atom. The molecule has 0 aliphatic rings. The summed E-state index contributed by atoms with van der Waals surface area (Å²) in [6.45, 7) is 2.67. The van der Waals surface area contributed by atoms with Crippen LogP contribution in [0.3, 0.4) is 0 Å². The predicted molar refractivity (Wildman–Crippen MR) is 76.9 cm³/mol. The van der Waals surface area contributed by atoms with Crippen molar-refractivity contribution in [3.05, 3.63) is 39.3 Å². The zero-order valence-electron chi connectivity index (χ0n) is 10.2. The lowest BCUT2D eigenvalue weighted by molar-refractivity contribution is 0.707. The van der Waals surface area contributed by atoms with Crippen LogP contribution in [0.1, 0.15) is 18.3 Å². The van der Waals surface area contributed by atoms with Crippen molar-refractivity contribution in [2.45, 2.75) is 19.9 Å². The number of aromatic nitrogens is 3. The van der Waals surface area contributed by atoms with E-state index in [1.54, 1.807) is 12.4 Å². The summed E-state index contributed by atoms with van der Waals surface area (Å²) in [7, 11) is 1.90. The zero-order chi connectivity index (χ0) is 13.1. The molecule has 0 saturated carbocycles. The van der Waals surface area contributed by atoms with Crippen molar-refractivity contribution in [1.29, 1.82) is 0 Å². The fraction of sp³-hybridized carbons (Fsp3) is 0.333.